The van der Waals surface area contributed by atoms with Crippen molar-refractivity contribution >= 4 is 27.5 Å². The summed E-state index contributed by atoms with van der Waals surface area (Å²) < 4.78 is 44.5. The highest BCUT2D eigenvalue weighted by atomic mass is 32.2. The van der Waals surface area contributed by atoms with Crippen LogP contribution >= 0.6 is 0 Å². The molecular formula is C36H40FN3O4S. The second-order valence-electron chi connectivity index (χ2n) is 12.2. The van der Waals surface area contributed by atoms with E-state index in [1.807, 2.05) is 58.0 Å². The van der Waals surface area contributed by atoms with Crippen LogP contribution < -0.4 is 9.62 Å². The number of benzene rings is 4. The number of carbonyl (C=O) groups is 2. The first kappa shape index (κ1) is 33.4. The summed E-state index contributed by atoms with van der Waals surface area (Å²) in [6.45, 7) is 8.28. The number of nitrogens with zero attached hydrogens (tertiary/aromatic N) is 2. The predicted octanol–water partition coefficient (Wildman–Crippen LogP) is 6.19. The van der Waals surface area contributed by atoms with E-state index in [4.69, 9.17) is 0 Å². The minimum atomic E-state index is -4.23. The highest BCUT2D eigenvalue weighted by Crippen LogP contribution is 2.28. The van der Waals surface area contributed by atoms with Gasteiger partial charge in [-0.3, -0.25) is 13.9 Å². The number of anilines is 1. The Balaban J connectivity index is 1.84. The zero-order valence-electron chi connectivity index (χ0n) is 26.3. The van der Waals surface area contributed by atoms with E-state index in [0.29, 0.717) is 11.3 Å². The van der Waals surface area contributed by atoms with Crippen LogP contribution in [0.2, 0.25) is 0 Å². The first-order valence-electron chi connectivity index (χ1n) is 14.8. The fraction of sp³-hybridized carbons (Fsp3) is 0.278. The molecule has 9 heteroatoms. The summed E-state index contributed by atoms with van der Waals surface area (Å²) in [5.74, 6) is -1.62. The van der Waals surface area contributed by atoms with Crippen molar-refractivity contribution in [3.63, 3.8) is 0 Å². The average molecular weight is 630 g/mol. The fourth-order valence-corrected chi connectivity index (χ4v) is 6.49. The standard InChI is InChI=1S/C36H40FN3O4S/c1-26-19-21-30(22-20-26)45(43,44)40(32-18-12-9-13-27(32)2)25-34(41)39(24-29-16-10-11-17-31(29)37)33(35(42)38-36(3,4)5)23-28-14-7-6-8-15-28/h6-22,33H,23-25H2,1-5H3,(H,38,42)/t33-/m0/s1. The molecule has 1 N–H and O–H groups in total. The lowest BCUT2D eigenvalue weighted by atomic mass is 10.0. The van der Waals surface area contributed by atoms with Crippen molar-refractivity contribution in [3.8, 4) is 0 Å². The normalized spacial score (nSPS) is 12.3. The molecule has 0 radical (unpaired) electrons. The van der Waals surface area contributed by atoms with Crippen LogP contribution in [0.15, 0.2) is 108 Å². The van der Waals surface area contributed by atoms with Gasteiger partial charge in [0, 0.05) is 24.1 Å². The van der Waals surface area contributed by atoms with Crippen LogP contribution in [0.1, 0.15) is 43.0 Å². The predicted molar refractivity (Wildman–Crippen MR) is 176 cm³/mol. The zero-order valence-corrected chi connectivity index (χ0v) is 27.1. The van der Waals surface area contributed by atoms with E-state index in [2.05, 4.69) is 5.32 Å². The molecule has 0 aromatic heterocycles. The van der Waals surface area contributed by atoms with Crippen molar-refractivity contribution < 1.29 is 22.4 Å². The first-order chi connectivity index (χ1) is 21.3. The number of carbonyl (C=O) groups excluding carboxylic acids is 2. The van der Waals surface area contributed by atoms with Gasteiger partial charge in [-0.2, -0.15) is 0 Å². The third-order valence-corrected chi connectivity index (χ3v) is 9.11. The van der Waals surface area contributed by atoms with E-state index in [9.17, 15) is 18.0 Å². The lowest BCUT2D eigenvalue weighted by molar-refractivity contribution is -0.140. The Hall–Kier alpha value is -4.50. The van der Waals surface area contributed by atoms with Crippen LogP contribution in [0, 0.1) is 19.7 Å². The molecule has 0 aliphatic rings. The summed E-state index contributed by atoms with van der Waals surface area (Å²) in [7, 11) is -4.23. The Morgan fingerprint density at radius 3 is 2.04 bits per heavy atom. The molecule has 236 valence electrons. The molecule has 0 unspecified atom stereocenters. The second kappa shape index (κ2) is 14.1. The van der Waals surface area contributed by atoms with Crippen LogP contribution in [-0.2, 0) is 32.6 Å². The molecule has 0 saturated carbocycles. The number of sulfonamides is 1. The number of para-hydroxylation sites is 1. The van der Waals surface area contributed by atoms with Gasteiger partial charge in [0.05, 0.1) is 10.6 Å². The Bertz CT molecular complexity index is 1740. The second-order valence-corrected chi connectivity index (χ2v) is 14.0. The number of hydrogen-bond acceptors (Lipinski definition) is 4. The third kappa shape index (κ3) is 8.57. The molecule has 45 heavy (non-hydrogen) atoms. The smallest absolute Gasteiger partial charge is 0.264 e. The molecule has 0 bridgehead atoms. The van der Waals surface area contributed by atoms with Crippen molar-refractivity contribution in [1.29, 1.82) is 0 Å². The lowest BCUT2D eigenvalue weighted by Gasteiger charge is -2.35. The highest BCUT2D eigenvalue weighted by Gasteiger charge is 2.36. The monoisotopic (exact) mass is 629 g/mol. The average Bonchev–Trinajstić information content (AvgIpc) is 2.98. The number of amides is 2. The fourth-order valence-electron chi connectivity index (χ4n) is 5.01. The van der Waals surface area contributed by atoms with Gasteiger partial charge >= 0.3 is 0 Å². The summed E-state index contributed by atoms with van der Waals surface area (Å²) in [6.07, 6.45) is 0.137. The van der Waals surface area contributed by atoms with Gasteiger partial charge in [-0.15, -0.1) is 0 Å². The molecule has 0 spiro atoms. The topological polar surface area (TPSA) is 86.8 Å². The maximum absolute atomic E-state index is 15.1. The SMILES string of the molecule is Cc1ccc(S(=O)(=O)N(CC(=O)N(Cc2ccccc2F)[C@@H](Cc2ccccc2)C(=O)NC(C)(C)C)c2ccccc2C)cc1. The molecule has 0 aliphatic heterocycles. The highest BCUT2D eigenvalue weighted by molar-refractivity contribution is 7.92. The number of rotatable bonds is 11. The van der Waals surface area contributed by atoms with Crippen LogP contribution in [0.5, 0.6) is 0 Å². The maximum atomic E-state index is 15.1. The third-order valence-electron chi connectivity index (χ3n) is 7.34. The molecule has 4 rings (SSSR count). The van der Waals surface area contributed by atoms with Crippen molar-refractivity contribution in [2.75, 3.05) is 10.8 Å². The first-order valence-corrected chi connectivity index (χ1v) is 16.2. The molecule has 4 aromatic carbocycles. The van der Waals surface area contributed by atoms with E-state index >= 15 is 4.39 Å². The quantitative estimate of drug-likeness (QED) is 0.214. The van der Waals surface area contributed by atoms with Crippen molar-refractivity contribution in [2.45, 2.75) is 64.1 Å². The van der Waals surface area contributed by atoms with Crippen LogP contribution in [0.4, 0.5) is 10.1 Å². The Kier molecular flexibility index (Phi) is 10.4. The van der Waals surface area contributed by atoms with Gasteiger partial charge in [0.15, 0.2) is 0 Å². The summed E-state index contributed by atoms with van der Waals surface area (Å²) >= 11 is 0. The molecule has 0 saturated heterocycles. The van der Waals surface area contributed by atoms with E-state index in [-0.39, 0.29) is 23.4 Å². The van der Waals surface area contributed by atoms with Crippen LogP contribution in [0.25, 0.3) is 0 Å². The Labute approximate surface area is 265 Å². The van der Waals surface area contributed by atoms with E-state index in [1.54, 1.807) is 61.5 Å². The molecular weight excluding hydrogens is 589 g/mol. The van der Waals surface area contributed by atoms with Crippen molar-refractivity contribution in [2.24, 2.45) is 0 Å². The van der Waals surface area contributed by atoms with Gasteiger partial charge in [-0.1, -0.05) is 84.4 Å². The Morgan fingerprint density at radius 2 is 1.42 bits per heavy atom. The van der Waals surface area contributed by atoms with Crippen molar-refractivity contribution in [1.82, 2.24) is 10.2 Å². The van der Waals surface area contributed by atoms with Gasteiger partial charge < -0.3 is 10.2 Å². The molecule has 0 heterocycles. The van der Waals surface area contributed by atoms with Gasteiger partial charge in [-0.25, -0.2) is 12.8 Å². The van der Waals surface area contributed by atoms with Gasteiger partial charge in [0.1, 0.15) is 18.4 Å². The number of hydrogen-bond donors (Lipinski definition) is 1. The van der Waals surface area contributed by atoms with Crippen LogP contribution in [0.3, 0.4) is 0 Å². The molecule has 1 atom stereocenters. The number of aryl methyl sites for hydroxylation is 2. The van der Waals surface area contributed by atoms with E-state index < -0.39 is 45.8 Å². The van der Waals surface area contributed by atoms with E-state index in [1.165, 1.54) is 23.1 Å². The van der Waals surface area contributed by atoms with Crippen LogP contribution in [-0.4, -0.2) is 43.3 Å². The minimum Gasteiger partial charge on any atom is -0.350 e. The van der Waals surface area contributed by atoms with Crippen molar-refractivity contribution in [3.05, 3.63) is 131 Å². The summed E-state index contributed by atoms with van der Waals surface area (Å²) in [5.41, 5.74) is 2.24. The number of nitrogens with one attached hydrogen (secondary N) is 1. The summed E-state index contributed by atoms with van der Waals surface area (Å²) in [6, 6.07) is 27.5. The molecule has 7 nitrogen and oxygen atoms in total. The van der Waals surface area contributed by atoms with Gasteiger partial charge in [0.2, 0.25) is 11.8 Å². The van der Waals surface area contributed by atoms with E-state index in [0.717, 1.165) is 15.4 Å². The Morgan fingerprint density at radius 1 is 0.822 bits per heavy atom. The lowest BCUT2D eigenvalue weighted by Crippen LogP contribution is -2.56. The zero-order chi connectivity index (χ0) is 32.8. The van der Waals surface area contributed by atoms with Gasteiger partial charge in [-0.05, 0) is 70.0 Å². The molecule has 4 aromatic rings. The largest absolute Gasteiger partial charge is 0.350 e. The van der Waals surface area contributed by atoms with Gasteiger partial charge in [0.25, 0.3) is 10.0 Å². The number of halogens is 1. The molecule has 0 aliphatic carbocycles. The minimum absolute atomic E-state index is 0.0242. The molecule has 2 amide bonds. The maximum Gasteiger partial charge on any atom is 0.264 e. The summed E-state index contributed by atoms with van der Waals surface area (Å²) in [4.78, 5) is 29.7. The summed E-state index contributed by atoms with van der Waals surface area (Å²) in [5, 5.41) is 2.97. The molecule has 0 fully saturated rings.